The number of hydrogen-bond acceptors (Lipinski definition) is 4. The fourth-order valence-corrected chi connectivity index (χ4v) is 3.52. The van der Waals surface area contributed by atoms with Crippen molar-refractivity contribution < 1.29 is 5.11 Å². The third-order valence-electron chi connectivity index (χ3n) is 3.73. The number of rotatable bonds is 10. The number of guanidine groups is 1. The molecule has 0 aliphatic heterocycles. The summed E-state index contributed by atoms with van der Waals surface area (Å²) in [5.74, 6) is 1.33. The number of hydrogen-bond donors (Lipinski definition) is 3. The summed E-state index contributed by atoms with van der Waals surface area (Å²) in [6, 6.07) is 0. The maximum atomic E-state index is 9.14. The number of aryl methyl sites for hydroxylation is 2. The van der Waals surface area contributed by atoms with Crippen LogP contribution in [-0.2, 0) is 6.42 Å². The predicted octanol–water partition coefficient (Wildman–Crippen LogP) is 2.66. The highest BCUT2D eigenvalue weighted by molar-refractivity contribution is 7.11. The molecule has 0 saturated carbocycles. The van der Waals surface area contributed by atoms with Crippen molar-refractivity contribution in [1.82, 2.24) is 15.6 Å². The second kappa shape index (κ2) is 11.4. The molecule has 1 rings (SSSR count). The molecule has 23 heavy (non-hydrogen) atoms. The second-order valence-corrected chi connectivity index (χ2v) is 7.09. The first-order chi connectivity index (χ1) is 11.1. The smallest absolute Gasteiger partial charge is 0.191 e. The summed E-state index contributed by atoms with van der Waals surface area (Å²) < 4.78 is 0. The van der Waals surface area contributed by atoms with E-state index in [4.69, 9.17) is 5.11 Å². The van der Waals surface area contributed by atoms with Crippen LogP contribution in [0.15, 0.2) is 4.99 Å². The van der Waals surface area contributed by atoms with Gasteiger partial charge < -0.3 is 15.7 Å². The molecule has 1 aromatic heterocycles. The average Bonchev–Trinajstić information content (AvgIpc) is 2.83. The van der Waals surface area contributed by atoms with Crippen molar-refractivity contribution in [3.05, 3.63) is 15.6 Å². The molecule has 0 saturated heterocycles. The van der Waals surface area contributed by atoms with Crippen molar-refractivity contribution in [2.45, 2.75) is 53.4 Å². The number of aliphatic imine (C=N–C) groups is 1. The Morgan fingerprint density at radius 1 is 1.26 bits per heavy atom. The minimum Gasteiger partial charge on any atom is -0.396 e. The molecule has 0 aromatic carbocycles. The van der Waals surface area contributed by atoms with Crippen LogP contribution in [0.4, 0.5) is 0 Å². The molecule has 0 amide bonds. The van der Waals surface area contributed by atoms with Crippen LogP contribution in [0.2, 0.25) is 0 Å². The van der Waals surface area contributed by atoms with E-state index in [0.717, 1.165) is 62.0 Å². The van der Waals surface area contributed by atoms with Crippen molar-refractivity contribution in [3.63, 3.8) is 0 Å². The Morgan fingerprint density at radius 2 is 2.04 bits per heavy atom. The van der Waals surface area contributed by atoms with E-state index in [1.54, 1.807) is 11.3 Å². The maximum absolute atomic E-state index is 9.14. The van der Waals surface area contributed by atoms with Gasteiger partial charge in [0.05, 0.1) is 10.7 Å². The first-order valence-electron chi connectivity index (χ1n) is 8.66. The lowest BCUT2D eigenvalue weighted by molar-refractivity contribution is 0.253. The van der Waals surface area contributed by atoms with Crippen LogP contribution in [0.3, 0.4) is 0 Å². The zero-order valence-electron chi connectivity index (χ0n) is 15.0. The van der Waals surface area contributed by atoms with Crippen molar-refractivity contribution >= 4 is 17.3 Å². The Labute approximate surface area is 144 Å². The van der Waals surface area contributed by atoms with E-state index >= 15 is 0 Å². The third-order valence-corrected chi connectivity index (χ3v) is 4.86. The van der Waals surface area contributed by atoms with Crippen LogP contribution in [0.25, 0.3) is 0 Å². The summed E-state index contributed by atoms with van der Waals surface area (Å²) in [6.07, 6.45) is 4.05. The van der Waals surface area contributed by atoms with E-state index < -0.39 is 0 Å². The molecule has 132 valence electrons. The zero-order valence-corrected chi connectivity index (χ0v) is 15.8. The van der Waals surface area contributed by atoms with Gasteiger partial charge in [0.1, 0.15) is 0 Å². The van der Waals surface area contributed by atoms with E-state index in [9.17, 15) is 0 Å². The molecule has 1 heterocycles. The molecule has 0 fully saturated rings. The van der Waals surface area contributed by atoms with Gasteiger partial charge >= 0.3 is 0 Å². The van der Waals surface area contributed by atoms with Gasteiger partial charge in [-0.2, -0.15) is 0 Å². The molecule has 1 atom stereocenters. The first kappa shape index (κ1) is 19.9. The quantitative estimate of drug-likeness (QED) is 0.452. The van der Waals surface area contributed by atoms with Crippen LogP contribution in [0, 0.1) is 19.8 Å². The Bertz CT molecular complexity index is 467. The zero-order chi connectivity index (χ0) is 17.1. The van der Waals surface area contributed by atoms with Gasteiger partial charge in [-0.1, -0.05) is 13.3 Å². The molecule has 1 aromatic rings. The Morgan fingerprint density at radius 3 is 2.61 bits per heavy atom. The molecular formula is C17H32N4OS. The molecule has 3 N–H and O–H groups in total. The van der Waals surface area contributed by atoms with Gasteiger partial charge in [-0.05, 0) is 39.5 Å². The highest BCUT2D eigenvalue weighted by Gasteiger charge is 2.08. The number of aliphatic hydroxyl groups excluding tert-OH is 1. The minimum absolute atomic E-state index is 0.244. The molecule has 0 spiro atoms. The van der Waals surface area contributed by atoms with Crippen molar-refractivity contribution in [1.29, 1.82) is 0 Å². The summed E-state index contributed by atoms with van der Waals surface area (Å²) in [6.45, 7) is 11.1. The number of nitrogens with zero attached hydrogens (tertiary/aromatic N) is 2. The molecule has 6 heteroatoms. The molecule has 5 nitrogen and oxygen atoms in total. The van der Waals surface area contributed by atoms with Crippen LogP contribution in [0.1, 0.15) is 48.7 Å². The van der Waals surface area contributed by atoms with Gasteiger partial charge in [-0.3, -0.25) is 4.99 Å². The summed E-state index contributed by atoms with van der Waals surface area (Å²) in [4.78, 5) is 10.5. The van der Waals surface area contributed by atoms with Crippen LogP contribution in [0.5, 0.6) is 0 Å². The SMILES string of the molecule is CCCC(CCO)CN=C(NCC)NCCc1sc(C)nc1C. The summed E-state index contributed by atoms with van der Waals surface area (Å²) in [5, 5.41) is 17.0. The fourth-order valence-electron chi connectivity index (χ4n) is 2.58. The second-order valence-electron chi connectivity index (χ2n) is 5.80. The van der Waals surface area contributed by atoms with Crippen LogP contribution in [-0.4, -0.2) is 42.3 Å². The van der Waals surface area contributed by atoms with Crippen molar-refractivity contribution in [2.75, 3.05) is 26.2 Å². The highest BCUT2D eigenvalue weighted by atomic mass is 32.1. The van der Waals surface area contributed by atoms with Gasteiger partial charge in [0, 0.05) is 37.5 Å². The Hall–Kier alpha value is -1.14. The first-order valence-corrected chi connectivity index (χ1v) is 9.48. The standard InChI is InChI=1S/C17H32N4OS/c1-5-7-15(9-11-22)12-20-17(18-6-2)19-10-8-16-13(3)21-14(4)23-16/h15,22H,5-12H2,1-4H3,(H2,18,19,20). The van der Waals surface area contributed by atoms with E-state index in [1.807, 2.05) is 0 Å². The van der Waals surface area contributed by atoms with Crippen molar-refractivity contribution in [3.8, 4) is 0 Å². The Kier molecular flexibility index (Phi) is 9.87. The van der Waals surface area contributed by atoms with Crippen molar-refractivity contribution in [2.24, 2.45) is 10.9 Å². The molecule has 0 aliphatic carbocycles. The predicted molar refractivity (Wildman–Crippen MR) is 99.4 cm³/mol. The van der Waals surface area contributed by atoms with Crippen LogP contribution < -0.4 is 10.6 Å². The molecule has 0 radical (unpaired) electrons. The largest absolute Gasteiger partial charge is 0.396 e. The monoisotopic (exact) mass is 340 g/mol. The summed E-state index contributed by atoms with van der Waals surface area (Å²) in [7, 11) is 0. The lowest BCUT2D eigenvalue weighted by atomic mass is 10.0. The third kappa shape index (κ3) is 7.79. The molecule has 1 unspecified atom stereocenters. The number of aliphatic hydroxyl groups is 1. The maximum Gasteiger partial charge on any atom is 0.191 e. The average molecular weight is 341 g/mol. The van der Waals surface area contributed by atoms with E-state index in [1.165, 1.54) is 4.88 Å². The van der Waals surface area contributed by atoms with Gasteiger partial charge in [-0.25, -0.2) is 4.98 Å². The fraction of sp³-hybridized carbons (Fsp3) is 0.765. The number of thiazole rings is 1. The number of aromatic nitrogens is 1. The molecule has 0 aliphatic rings. The molecule has 0 bridgehead atoms. The van der Waals surface area contributed by atoms with E-state index in [2.05, 4.69) is 48.3 Å². The van der Waals surface area contributed by atoms with E-state index in [-0.39, 0.29) is 6.61 Å². The molecular weight excluding hydrogens is 308 g/mol. The lowest BCUT2D eigenvalue weighted by Crippen LogP contribution is -2.38. The van der Waals surface area contributed by atoms with Gasteiger partial charge in [0.2, 0.25) is 0 Å². The number of nitrogens with one attached hydrogen (secondary N) is 2. The highest BCUT2D eigenvalue weighted by Crippen LogP contribution is 2.17. The summed E-state index contributed by atoms with van der Waals surface area (Å²) in [5.41, 5.74) is 1.14. The topological polar surface area (TPSA) is 69.5 Å². The van der Waals surface area contributed by atoms with Gasteiger partial charge in [-0.15, -0.1) is 11.3 Å². The van der Waals surface area contributed by atoms with E-state index in [0.29, 0.717) is 5.92 Å². The van der Waals surface area contributed by atoms with Gasteiger partial charge in [0.15, 0.2) is 5.96 Å². The van der Waals surface area contributed by atoms with Gasteiger partial charge in [0.25, 0.3) is 0 Å². The van der Waals surface area contributed by atoms with Crippen LogP contribution >= 0.6 is 11.3 Å². The normalized spacial score (nSPS) is 13.2. The lowest BCUT2D eigenvalue weighted by Gasteiger charge is -2.15. The minimum atomic E-state index is 0.244. The summed E-state index contributed by atoms with van der Waals surface area (Å²) >= 11 is 1.77. The Balaban J connectivity index is 2.49.